The first-order valence-electron chi connectivity index (χ1n) is 26.5. The Balaban J connectivity index is 0.781. The number of carbonyl (C=O) groups excluding carboxylic acids is 5. The zero-order valence-electron chi connectivity index (χ0n) is 44.2. The molecule has 8 rings (SSSR count). The molecule has 6 N–H and O–H groups in total. The average Bonchev–Trinajstić information content (AvgIpc) is 3.82. The molecular weight excluding hydrogens is 1030 g/mol. The standard InChI is InChI=1S/C55H72ClFN10O7S2/c1-34-48(75-33-62-34)36-12-13-37(28-61-50(71)40-27-38(68)31-67(40)51(72)49(53(2,3)4)64-52(73)55(57)17-18-55)41(26-36)74-25-7-10-46(70)66-21-15-35(16-22-66)11-14-44(69)63-39-8-6-9-42(47(39)56)76-45-30-59-43(29-60-45)65-23-19-54(5,32-58)20-24-65/h6,8-9,12-13,26,29-30,33,35,38,40,49,68H,7,10-11,14-25,27-28,31-32,58H2,1-5H3,(H,61,71)(H,63,69)(H,64,73)/t38?,40?,49-/m1/s1. The van der Waals surface area contributed by atoms with Crippen LogP contribution < -0.4 is 31.3 Å². The Labute approximate surface area is 458 Å². The van der Waals surface area contributed by atoms with Gasteiger partial charge in [0.2, 0.25) is 23.6 Å². The van der Waals surface area contributed by atoms with E-state index in [2.05, 4.69) is 42.7 Å². The van der Waals surface area contributed by atoms with Crippen LogP contribution in [0.15, 0.2) is 64.2 Å². The normalized spacial score (nSPS) is 19.7. The molecule has 2 aromatic carbocycles. The van der Waals surface area contributed by atoms with Crippen LogP contribution in [0.2, 0.25) is 5.02 Å². The van der Waals surface area contributed by atoms with E-state index in [9.17, 15) is 33.5 Å². The van der Waals surface area contributed by atoms with Crippen LogP contribution in [0.4, 0.5) is 15.9 Å². The third-order valence-electron chi connectivity index (χ3n) is 15.3. The second-order valence-electron chi connectivity index (χ2n) is 22.2. The molecular formula is C55H72ClFN10O7S2. The summed E-state index contributed by atoms with van der Waals surface area (Å²) in [5.41, 5.74) is 8.10. The number of aryl methyl sites for hydroxylation is 1. The summed E-state index contributed by atoms with van der Waals surface area (Å²) in [6, 6.07) is 9.09. The van der Waals surface area contributed by atoms with Gasteiger partial charge in [-0.05, 0) is 105 Å². The van der Waals surface area contributed by atoms with Crippen molar-refractivity contribution in [2.75, 3.05) is 56.1 Å². The molecule has 0 spiro atoms. The number of nitrogens with zero attached hydrogens (tertiary/aromatic N) is 6. The summed E-state index contributed by atoms with van der Waals surface area (Å²) < 4.78 is 21.0. The number of hydrogen-bond acceptors (Lipinski definition) is 14. The van der Waals surface area contributed by atoms with Crippen LogP contribution in [-0.2, 0) is 30.5 Å². The van der Waals surface area contributed by atoms with Gasteiger partial charge in [0.05, 0.1) is 51.9 Å². The number of thiazole rings is 1. The van der Waals surface area contributed by atoms with Crippen molar-refractivity contribution in [2.45, 2.75) is 146 Å². The average molecular weight is 1100 g/mol. The van der Waals surface area contributed by atoms with Crippen molar-refractivity contribution in [3.05, 3.63) is 70.6 Å². The van der Waals surface area contributed by atoms with Crippen LogP contribution in [0.25, 0.3) is 10.4 Å². The molecule has 4 fully saturated rings. The largest absolute Gasteiger partial charge is 0.493 e. The molecule has 410 valence electrons. The molecule has 3 aliphatic heterocycles. The number of anilines is 2. The van der Waals surface area contributed by atoms with E-state index in [0.717, 1.165) is 65.6 Å². The van der Waals surface area contributed by atoms with Crippen molar-refractivity contribution in [2.24, 2.45) is 22.5 Å². The Morgan fingerprint density at radius 1 is 1.01 bits per heavy atom. The van der Waals surface area contributed by atoms with E-state index < -0.39 is 47.0 Å². The number of aliphatic hydroxyl groups is 1. The first kappa shape index (κ1) is 56.8. The lowest BCUT2D eigenvalue weighted by atomic mass is 9.80. The monoisotopic (exact) mass is 1100 g/mol. The Morgan fingerprint density at radius 3 is 2.42 bits per heavy atom. The Kier molecular flexibility index (Phi) is 18.3. The fourth-order valence-corrected chi connectivity index (χ4v) is 11.8. The topological polar surface area (TPSA) is 225 Å². The summed E-state index contributed by atoms with van der Waals surface area (Å²) in [5, 5.41) is 20.3. The first-order valence-corrected chi connectivity index (χ1v) is 28.5. The number of alkyl halides is 1. The molecule has 1 aliphatic carbocycles. The summed E-state index contributed by atoms with van der Waals surface area (Å²) >= 11 is 9.70. The van der Waals surface area contributed by atoms with E-state index in [1.807, 2.05) is 42.2 Å². The number of aliphatic hydroxyl groups excluding tert-OH is 1. The number of nitrogens with two attached hydrogens (primary N) is 1. The van der Waals surface area contributed by atoms with Crippen molar-refractivity contribution < 1.29 is 38.2 Å². The molecule has 17 nitrogen and oxygen atoms in total. The van der Waals surface area contributed by atoms with Gasteiger partial charge in [0.15, 0.2) is 5.67 Å². The van der Waals surface area contributed by atoms with Crippen molar-refractivity contribution in [1.82, 2.24) is 35.4 Å². The van der Waals surface area contributed by atoms with Crippen molar-refractivity contribution >= 4 is 75.7 Å². The second-order valence-corrected chi connectivity index (χ2v) is 24.5. The van der Waals surface area contributed by atoms with Crippen LogP contribution in [-0.4, -0.2) is 129 Å². The van der Waals surface area contributed by atoms with Crippen molar-refractivity contribution in [1.29, 1.82) is 0 Å². The maximum Gasteiger partial charge on any atom is 0.258 e. The molecule has 3 saturated heterocycles. The zero-order valence-corrected chi connectivity index (χ0v) is 46.6. The molecule has 2 aromatic heterocycles. The van der Waals surface area contributed by atoms with Crippen molar-refractivity contribution in [3.63, 3.8) is 0 Å². The molecule has 2 unspecified atom stereocenters. The van der Waals surface area contributed by atoms with Gasteiger partial charge in [-0.15, -0.1) is 11.3 Å². The van der Waals surface area contributed by atoms with Crippen LogP contribution >= 0.6 is 34.7 Å². The summed E-state index contributed by atoms with van der Waals surface area (Å²) in [4.78, 5) is 88.0. The SMILES string of the molecule is Cc1ncsc1-c1ccc(CNC(=O)C2CC(O)CN2C(=O)[C@@H](NC(=O)C2(F)CC2)C(C)(C)C)c(OCCCC(=O)N2CCC(CCC(=O)Nc3cccc(Sc4cnc(N5CCC(C)(CN)CC5)cn4)c3Cl)CC2)c1. The number of likely N-dealkylation sites (tertiary alicyclic amines) is 2. The van der Waals surface area contributed by atoms with E-state index in [-0.39, 0.29) is 62.6 Å². The molecule has 5 heterocycles. The quantitative estimate of drug-likeness (QED) is 0.0536. The van der Waals surface area contributed by atoms with Gasteiger partial charge < -0.3 is 46.2 Å². The van der Waals surface area contributed by atoms with Gasteiger partial charge >= 0.3 is 0 Å². The molecule has 4 aromatic rings. The van der Waals surface area contributed by atoms with Crippen LogP contribution in [0.1, 0.15) is 110 Å². The molecule has 1 saturated carbocycles. The van der Waals surface area contributed by atoms with Gasteiger partial charge in [-0.2, -0.15) is 0 Å². The molecule has 3 atom stereocenters. The smallest absolute Gasteiger partial charge is 0.258 e. The van der Waals surface area contributed by atoms with Gasteiger partial charge in [-0.25, -0.2) is 19.3 Å². The number of nitrogens with one attached hydrogen (secondary N) is 3. The van der Waals surface area contributed by atoms with E-state index in [1.54, 1.807) is 44.7 Å². The van der Waals surface area contributed by atoms with Gasteiger partial charge in [-0.1, -0.05) is 69.3 Å². The number of carbonyl (C=O) groups is 5. The van der Waals surface area contributed by atoms with Gasteiger partial charge in [-0.3, -0.25) is 24.0 Å². The molecule has 0 radical (unpaired) electrons. The Morgan fingerprint density at radius 2 is 1.76 bits per heavy atom. The lowest BCUT2D eigenvalue weighted by Gasteiger charge is -2.39. The lowest BCUT2D eigenvalue weighted by Crippen LogP contribution is -2.59. The Hall–Kier alpha value is -5.41. The zero-order chi connectivity index (χ0) is 54.4. The van der Waals surface area contributed by atoms with Crippen LogP contribution in [0.5, 0.6) is 5.75 Å². The second kappa shape index (κ2) is 24.5. The van der Waals surface area contributed by atoms with Gasteiger partial charge in [0.1, 0.15) is 28.7 Å². The lowest BCUT2D eigenvalue weighted by molar-refractivity contribution is -0.145. The number of rotatable bonds is 20. The number of benzene rings is 2. The van der Waals surface area contributed by atoms with Gasteiger partial charge in [0, 0.05) is 69.0 Å². The maximum atomic E-state index is 14.7. The number of amides is 5. The number of piperidine rings is 2. The fourth-order valence-electron chi connectivity index (χ4n) is 9.96. The van der Waals surface area contributed by atoms with E-state index >= 15 is 0 Å². The number of ether oxygens (including phenoxy) is 1. The van der Waals surface area contributed by atoms with Gasteiger partial charge in [0.25, 0.3) is 5.91 Å². The maximum absolute atomic E-state index is 14.7. The van der Waals surface area contributed by atoms with Crippen molar-refractivity contribution in [3.8, 4) is 16.2 Å². The third kappa shape index (κ3) is 14.2. The number of β-amino-alcohol motifs (C(OH)–C–C–N with tert-alkyl or cyclic N) is 1. The number of halogens is 2. The highest BCUT2D eigenvalue weighted by Gasteiger charge is 2.53. The summed E-state index contributed by atoms with van der Waals surface area (Å²) in [7, 11) is 0. The molecule has 4 aliphatic rings. The summed E-state index contributed by atoms with van der Waals surface area (Å²) in [5.74, 6) is -0.312. The van der Waals surface area contributed by atoms with E-state index in [4.69, 9.17) is 22.1 Å². The minimum absolute atomic E-state index is 0.000534. The third-order valence-corrected chi connectivity index (χ3v) is 17.7. The number of hydrogen-bond donors (Lipinski definition) is 5. The predicted octanol–water partition coefficient (Wildman–Crippen LogP) is 7.71. The number of aromatic nitrogens is 3. The molecule has 76 heavy (non-hydrogen) atoms. The highest BCUT2D eigenvalue weighted by Crippen LogP contribution is 2.41. The van der Waals surface area contributed by atoms with E-state index in [0.29, 0.717) is 71.9 Å². The molecule has 21 heteroatoms. The minimum atomic E-state index is -1.99. The minimum Gasteiger partial charge on any atom is -0.493 e. The van der Waals surface area contributed by atoms with Crippen LogP contribution in [0, 0.1) is 23.7 Å². The van der Waals surface area contributed by atoms with E-state index in [1.165, 1.54) is 28.0 Å². The molecule has 5 amide bonds. The summed E-state index contributed by atoms with van der Waals surface area (Å²) in [6.45, 7) is 13.3. The first-order chi connectivity index (χ1) is 36.2. The highest BCUT2D eigenvalue weighted by atomic mass is 35.5. The summed E-state index contributed by atoms with van der Waals surface area (Å²) in [6.07, 6.45) is 8.16. The predicted molar refractivity (Wildman–Crippen MR) is 293 cm³/mol. The fraction of sp³-hybridized carbons (Fsp3) is 0.564. The van der Waals surface area contributed by atoms with Crippen LogP contribution in [0.3, 0.4) is 0 Å². The Bertz CT molecular complexity index is 2720. The molecule has 0 bridgehead atoms. The highest BCUT2D eigenvalue weighted by molar-refractivity contribution is 7.99.